The van der Waals surface area contributed by atoms with Crippen molar-refractivity contribution < 1.29 is 15.0 Å². The van der Waals surface area contributed by atoms with Gasteiger partial charge in [-0.2, -0.15) is 0 Å². The van der Waals surface area contributed by atoms with Gasteiger partial charge in [0.1, 0.15) is 5.82 Å². The molecule has 1 aromatic carbocycles. The van der Waals surface area contributed by atoms with Crippen LogP contribution in [0.1, 0.15) is 12.5 Å². The first-order valence-electron chi connectivity index (χ1n) is 3.48. The summed E-state index contributed by atoms with van der Waals surface area (Å²) in [5, 5.41) is 1.67. The molecule has 2 N–H and O–H groups in total. The fourth-order valence-electron chi connectivity index (χ4n) is 0.973. The summed E-state index contributed by atoms with van der Waals surface area (Å²) < 4.78 is 12.6. The molecule has 0 fully saturated rings. The minimum absolute atomic E-state index is 0. The molecule has 0 amide bonds. The van der Waals surface area contributed by atoms with Crippen molar-refractivity contribution in [2.24, 2.45) is 0 Å². The maximum atomic E-state index is 12.6. The van der Waals surface area contributed by atoms with Gasteiger partial charge < -0.3 is 5.48 Å². The van der Waals surface area contributed by atoms with Crippen LogP contribution in [0.25, 0.3) is 5.57 Å². The Hall–Kier alpha value is -1.55. The van der Waals surface area contributed by atoms with E-state index in [0.717, 1.165) is 11.6 Å². The van der Waals surface area contributed by atoms with E-state index in [2.05, 4.69) is 6.58 Å². The number of nitroso groups, excluding NO2 is 1. The highest BCUT2D eigenvalue weighted by atomic mass is 19.1. The third-order valence-corrected chi connectivity index (χ3v) is 1.55. The average Bonchev–Trinajstić information content (AvgIpc) is 2.03. The summed E-state index contributed by atoms with van der Waals surface area (Å²) in [7, 11) is 0. The van der Waals surface area contributed by atoms with Crippen LogP contribution in [-0.4, -0.2) is 5.48 Å². The largest absolute Gasteiger partial charge is 0.870 e. The quantitative estimate of drug-likeness (QED) is 0.747. The molecule has 0 bridgehead atoms. The van der Waals surface area contributed by atoms with Gasteiger partial charge in [0.15, 0.2) is 0 Å². The smallest absolute Gasteiger partial charge is 0.263 e. The molecule has 0 heterocycles. The summed E-state index contributed by atoms with van der Waals surface area (Å²) in [6.07, 6.45) is 0. The molecular weight excluding hydrogens is 173 g/mol. The van der Waals surface area contributed by atoms with Crippen molar-refractivity contribution in [2.75, 3.05) is 0 Å². The number of rotatable bonds is 2. The highest BCUT2D eigenvalue weighted by Crippen LogP contribution is 2.18. The highest BCUT2D eigenvalue weighted by Gasteiger charge is 2.09. The van der Waals surface area contributed by atoms with Gasteiger partial charge in [0.2, 0.25) is 0 Å². The fraction of sp³-hybridized carbons (Fsp3) is 0.111. The molecule has 1 aromatic rings. The zero-order valence-corrected chi connectivity index (χ0v) is 7.17. The lowest BCUT2D eigenvalue weighted by molar-refractivity contribution is -0.379. The normalized spacial score (nSPS) is 8.77. The number of hydrogen-bond donors (Lipinski definition) is 1. The summed E-state index contributed by atoms with van der Waals surface area (Å²) in [4.78, 5) is 10.4. The Kier molecular flexibility index (Phi) is 3.94. The molecular formula is C9H10FNO2. The first kappa shape index (κ1) is 11.4. The molecule has 0 radical (unpaired) electrons. The molecule has 0 saturated heterocycles. The van der Waals surface area contributed by atoms with E-state index >= 15 is 0 Å². The molecule has 0 aliphatic carbocycles. The third-order valence-electron chi connectivity index (χ3n) is 1.55. The van der Waals surface area contributed by atoms with Crippen LogP contribution in [0, 0.1) is 10.7 Å². The minimum Gasteiger partial charge on any atom is -0.870 e. The van der Waals surface area contributed by atoms with Crippen LogP contribution in [0.2, 0.25) is 0 Å². The van der Waals surface area contributed by atoms with Crippen LogP contribution < -0.4 is 5.18 Å². The monoisotopic (exact) mass is 183 g/mol. The summed E-state index contributed by atoms with van der Waals surface area (Å²) in [6.45, 7) is 5.42. The maximum absolute atomic E-state index is 12.6. The van der Waals surface area contributed by atoms with Crippen LogP contribution in [-0.2, 0) is 0 Å². The van der Waals surface area contributed by atoms with Gasteiger partial charge in [-0.1, -0.05) is 6.58 Å². The summed E-state index contributed by atoms with van der Waals surface area (Å²) in [5.41, 5.74) is 1.60. The molecule has 0 aliphatic rings. The highest BCUT2D eigenvalue weighted by molar-refractivity contribution is 5.69. The first-order valence-corrected chi connectivity index (χ1v) is 3.48. The van der Waals surface area contributed by atoms with E-state index < -0.39 is 5.82 Å². The lowest BCUT2D eigenvalue weighted by atomic mass is 10.1. The standard InChI is InChI=1S/C9H8FNO.H2O/c1-6(2)8-4-3-7(10)5-9(8)11-12;/h3-5H,1H2,2H3;1H2. The van der Waals surface area contributed by atoms with E-state index in [-0.39, 0.29) is 11.2 Å². The molecule has 3 nitrogen and oxygen atoms in total. The molecule has 0 atom stereocenters. The summed E-state index contributed by atoms with van der Waals surface area (Å²) in [6, 6.07) is 3.97. The second-order valence-corrected chi connectivity index (χ2v) is 2.57. The van der Waals surface area contributed by atoms with Gasteiger partial charge in [-0.25, -0.2) is 4.39 Å². The molecule has 13 heavy (non-hydrogen) atoms. The Bertz CT molecular complexity index is 336. The van der Waals surface area contributed by atoms with Crippen molar-refractivity contribution in [1.29, 1.82) is 0 Å². The second kappa shape index (κ2) is 4.47. The van der Waals surface area contributed by atoms with Gasteiger partial charge in [-0.15, -0.1) is 0 Å². The number of nitrogens with one attached hydrogen (secondary N) is 1. The number of halogens is 1. The lowest BCUT2D eigenvalue weighted by Gasteiger charge is -1.96. The minimum atomic E-state index is -0.432. The van der Waals surface area contributed by atoms with E-state index in [0.29, 0.717) is 5.56 Å². The van der Waals surface area contributed by atoms with Crippen molar-refractivity contribution in [3.05, 3.63) is 41.1 Å². The first-order chi connectivity index (χ1) is 5.65. The van der Waals surface area contributed by atoms with Crippen LogP contribution >= 0.6 is 0 Å². The number of hydrogen-bond acceptors (Lipinski definition) is 2. The Labute approximate surface area is 75.2 Å². The van der Waals surface area contributed by atoms with Crippen LogP contribution in [0.3, 0.4) is 0 Å². The molecule has 4 heteroatoms. The summed E-state index contributed by atoms with van der Waals surface area (Å²) >= 11 is 0. The molecule has 1 rings (SSSR count). The third kappa shape index (κ3) is 2.45. The molecule has 0 aliphatic heterocycles. The van der Waals surface area contributed by atoms with Crippen LogP contribution in [0.4, 0.5) is 10.1 Å². The van der Waals surface area contributed by atoms with Crippen molar-refractivity contribution >= 4 is 11.3 Å². The van der Waals surface area contributed by atoms with E-state index in [4.69, 9.17) is 0 Å². The van der Waals surface area contributed by atoms with E-state index in [1.807, 2.05) is 0 Å². The topological polar surface area (TPSA) is 61.0 Å². The predicted octanol–water partition coefficient (Wildman–Crippen LogP) is 1.16. The maximum Gasteiger partial charge on any atom is 0.263 e. The Morgan fingerprint density at radius 3 is 2.62 bits per heavy atom. The SMILES string of the molecule is C=C(C)c1ccc(F)cc1[NH+]=O.[OH-]. The molecule has 0 aromatic heterocycles. The van der Waals surface area contributed by atoms with Crippen molar-refractivity contribution in [1.82, 2.24) is 0 Å². The van der Waals surface area contributed by atoms with Gasteiger partial charge in [0.05, 0.1) is 11.6 Å². The van der Waals surface area contributed by atoms with Gasteiger partial charge in [0, 0.05) is 10.1 Å². The average molecular weight is 183 g/mol. The van der Waals surface area contributed by atoms with E-state index in [1.165, 1.54) is 12.1 Å². The number of allylic oxidation sites excluding steroid dienone is 1. The van der Waals surface area contributed by atoms with Crippen molar-refractivity contribution in [2.45, 2.75) is 6.92 Å². The van der Waals surface area contributed by atoms with Gasteiger partial charge in [-0.05, 0) is 24.6 Å². The Morgan fingerprint density at radius 1 is 1.54 bits per heavy atom. The van der Waals surface area contributed by atoms with Crippen LogP contribution in [0.15, 0.2) is 24.8 Å². The van der Waals surface area contributed by atoms with Crippen molar-refractivity contribution in [3.63, 3.8) is 0 Å². The number of benzene rings is 1. The van der Waals surface area contributed by atoms with E-state index in [1.54, 1.807) is 12.1 Å². The van der Waals surface area contributed by atoms with Crippen LogP contribution in [0.5, 0.6) is 0 Å². The second-order valence-electron chi connectivity index (χ2n) is 2.57. The summed E-state index contributed by atoms with van der Waals surface area (Å²) in [5.74, 6) is -0.432. The zero-order chi connectivity index (χ0) is 9.14. The molecule has 0 unspecified atom stereocenters. The van der Waals surface area contributed by atoms with Gasteiger partial charge in [-0.3, -0.25) is 0 Å². The van der Waals surface area contributed by atoms with Gasteiger partial charge in [0.25, 0.3) is 5.69 Å². The molecule has 70 valence electrons. The molecule has 0 saturated carbocycles. The van der Waals surface area contributed by atoms with Gasteiger partial charge >= 0.3 is 0 Å². The van der Waals surface area contributed by atoms with Crippen molar-refractivity contribution in [3.8, 4) is 0 Å². The molecule has 0 spiro atoms. The predicted molar refractivity (Wildman–Crippen MR) is 47.0 cm³/mol. The Morgan fingerprint density at radius 2 is 2.15 bits per heavy atom. The zero-order valence-electron chi connectivity index (χ0n) is 7.17. The lowest BCUT2D eigenvalue weighted by Crippen LogP contribution is -2.56. The Balaban J connectivity index is 0.00000144. The fourth-order valence-corrected chi connectivity index (χ4v) is 0.973. The van der Waals surface area contributed by atoms with E-state index in [9.17, 15) is 9.30 Å².